The maximum Gasteiger partial charge on any atom is 0.151 e. The number of rotatable bonds is 5. The fourth-order valence-corrected chi connectivity index (χ4v) is 2.57. The molecule has 2 unspecified atom stereocenters. The topological polar surface area (TPSA) is 41.3 Å². The van der Waals surface area contributed by atoms with E-state index in [1.807, 2.05) is 0 Å². The number of hydrogen-bond donors (Lipinski definition) is 1. The lowest BCUT2D eigenvalue weighted by atomic mass is 9.95. The van der Waals surface area contributed by atoms with Crippen molar-refractivity contribution in [1.29, 1.82) is 0 Å². The van der Waals surface area contributed by atoms with Crippen molar-refractivity contribution < 1.29 is 4.52 Å². The summed E-state index contributed by atoms with van der Waals surface area (Å²) in [6.45, 7) is 10.6. The summed E-state index contributed by atoms with van der Waals surface area (Å²) < 4.78 is 5.42. The van der Waals surface area contributed by atoms with Crippen molar-refractivity contribution in [3.63, 3.8) is 0 Å². The number of nitrogens with zero attached hydrogens (tertiary/aromatic N) is 2. The molecular formula is C14H25N3O. The molecule has 2 atom stereocenters. The van der Waals surface area contributed by atoms with Gasteiger partial charge in [0.25, 0.3) is 0 Å². The molecule has 102 valence electrons. The summed E-state index contributed by atoms with van der Waals surface area (Å²) in [6.07, 6.45) is 2.64. The molecule has 0 aliphatic carbocycles. The third-order valence-corrected chi connectivity index (χ3v) is 3.77. The second-order valence-corrected chi connectivity index (χ2v) is 5.53. The summed E-state index contributed by atoms with van der Waals surface area (Å²) in [6, 6.07) is 2.73. The highest BCUT2D eigenvalue weighted by Crippen LogP contribution is 2.23. The molecule has 0 aromatic carbocycles. The Bertz CT molecular complexity index is 364. The predicted molar refractivity (Wildman–Crippen MR) is 72.2 cm³/mol. The Labute approximate surface area is 110 Å². The molecule has 1 aromatic rings. The first-order valence-corrected chi connectivity index (χ1v) is 7.08. The Morgan fingerprint density at radius 2 is 2.28 bits per heavy atom. The molecule has 0 spiro atoms. The van der Waals surface area contributed by atoms with Crippen LogP contribution in [0.15, 0.2) is 10.6 Å². The minimum absolute atomic E-state index is 0.656. The van der Waals surface area contributed by atoms with Gasteiger partial charge in [-0.05, 0) is 32.2 Å². The van der Waals surface area contributed by atoms with E-state index in [0.717, 1.165) is 37.0 Å². The van der Waals surface area contributed by atoms with Crippen LogP contribution in [-0.4, -0.2) is 29.2 Å². The van der Waals surface area contributed by atoms with Gasteiger partial charge >= 0.3 is 0 Å². The van der Waals surface area contributed by atoms with E-state index in [2.05, 4.69) is 42.2 Å². The maximum atomic E-state index is 5.42. The van der Waals surface area contributed by atoms with Crippen LogP contribution in [0.4, 0.5) is 0 Å². The van der Waals surface area contributed by atoms with Crippen LogP contribution >= 0.6 is 0 Å². The first-order valence-electron chi connectivity index (χ1n) is 7.08. The number of aromatic nitrogens is 1. The monoisotopic (exact) mass is 251 g/mol. The highest BCUT2D eigenvalue weighted by atomic mass is 16.5. The quantitative estimate of drug-likeness (QED) is 0.872. The zero-order chi connectivity index (χ0) is 13.0. The molecule has 1 N–H and O–H groups in total. The molecule has 1 aromatic heterocycles. The second kappa shape index (κ2) is 6.34. The van der Waals surface area contributed by atoms with Crippen molar-refractivity contribution in [3.05, 3.63) is 17.5 Å². The smallest absolute Gasteiger partial charge is 0.151 e. The third-order valence-electron chi connectivity index (χ3n) is 3.77. The first kappa shape index (κ1) is 13.6. The fraction of sp³-hybridized carbons (Fsp3) is 0.786. The van der Waals surface area contributed by atoms with E-state index in [9.17, 15) is 0 Å². The molecule has 0 saturated carbocycles. The lowest BCUT2D eigenvalue weighted by molar-refractivity contribution is 0.106. The SMILES string of the molecule is CCNCc1cc(CN2CC(C)CCC2C)on1. The molecule has 18 heavy (non-hydrogen) atoms. The maximum absolute atomic E-state index is 5.42. The molecule has 1 aliphatic heterocycles. The van der Waals surface area contributed by atoms with Crippen molar-refractivity contribution >= 4 is 0 Å². The Morgan fingerprint density at radius 3 is 3.06 bits per heavy atom. The van der Waals surface area contributed by atoms with Crippen LogP contribution in [0.5, 0.6) is 0 Å². The summed E-state index contributed by atoms with van der Waals surface area (Å²) in [5, 5.41) is 7.36. The van der Waals surface area contributed by atoms with Crippen molar-refractivity contribution in [2.24, 2.45) is 5.92 Å². The minimum atomic E-state index is 0.656. The number of piperidine rings is 1. The van der Waals surface area contributed by atoms with Gasteiger partial charge in [0.05, 0.1) is 12.2 Å². The van der Waals surface area contributed by atoms with E-state index in [1.54, 1.807) is 0 Å². The van der Waals surface area contributed by atoms with Crippen molar-refractivity contribution in [1.82, 2.24) is 15.4 Å². The summed E-state index contributed by atoms with van der Waals surface area (Å²) in [5.41, 5.74) is 1.00. The standard InChI is InChI=1S/C14H25N3O/c1-4-15-8-13-7-14(18-16-13)10-17-9-11(2)5-6-12(17)3/h7,11-12,15H,4-6,8-10H2,1-3H3. The molecule has 0 radical (unpaired) electrons. The van der Waals surface area contributed by atoms with Crippen LogP contribution in [0.3, 0.4) is 0 Å². The molecule has 0 bridgehead atoms. The van der Waals surface area contributed by atoms with Gasteiger partial charge in [-0.25, -0.2) is 0 Å². The normalized spacial score (nSPS) is 25.5. The van der Waals surface area contributed by atoms with Gasteiger partial charge in [0, 0.05) is 25.2 Å². The summed E-state index contributed by atoms with van der Waals surface area (Å²) in [4.78, 5) is 2.51. The van der Waals surface area contributed by atoms with Crippen LogP contribution in [0.1, 0.15) is 45.1 Å². The third kappa shape index (κ3) is 3.56. The van der Waals surface area contributed by atoms with Gasteiger partial charge in [-0.1, -0.05) is 19.0 Å². The predicted octanol–water partition coefficient (Wildman–Crippen LogP) is 2.40. The number of likely N-dealkylation sites (tertiary alicyclic amines) is 1. The van der Waals surface area contributed by atoms with Crippen LogP contribution in [-0.2, 0) is 13.1 Å². The van der Waals surface area contributed by atoms with Gasteiger partial charge in [-0.2, -0.15) is 0 Å². The lowest BCUT2D eigenvalue weighted by Crippen LogP contribution is -2.40. The summed E-state index contributed by atoms with van der Waals surface area (Å²) >= 11 is 0. The van der Waals surface area contributed by atoms with Gasteiger partial charge < -0.3 is 9.84 Å². The molecule has 1 aliphatic rings. The van der Waals surface area contributed by atoms with E-state index >= 15 is 0 Å². The van der Waals surface area contributed by atoms with Crippen LogP contribution < -0.4 is 5.32 Å². The molecule has 0 amide bonds. The van der Waals surface area contributed by atoms with E-state index < -0.39 is 0 Å². The first-order chi connectivity index (χ1) is 8.69. The molecule has 2 heterocycles. The van der Waals surface area contributed by atoms with Crippen LogP contribution in [0.2, 0.25) is 0 Å². The number of hydrogen-bond acceptors (Lipinski definition) is 4. The molecule has 2 rings (SSSR count). The molecule has 4 heteroatoms. The molecule has 1 saturated heterocycles. The van der Waals surface area contributed by atoms with Gasteiger partial charge in [-0.3, -0.25) is 4.90 Å². The highest BCUT2D eigenvalue weighted by Gasteiger charge is 2.23. The molecule has 4 nitrogen and oxygen atoms in total. The average Bonchev–Trinajstić information content (AvgIpc) is 2.79. The Balaban J connectivity index is 1.89. The van der Waals surface area contributed by atoms with Gasteiger partial charge in [0.15, 0.2) is 5.76 Å². The zero-order valence-corrected chi connectivity index (χ0v) is 11.8. The summed E-state index contributed by atoms with van der Waals surface area (Å²) in [5.74, 6) is 1.79. The van der Waals surface area contributed by atoms with E-state index in [4.69, 9.17) is 4.52 Å². The minimum Gasteiger partial charge on any atom is -0.360 e. The lowest BCUT2D eigenvalue weighted by Gasteiger charge is -2.35. The van der Waals surface area contributed by atoms with E-state index in [-0.39, 0.29) is 0 Å². The van der Waals surface area contributed by atoms with Crippen molar-refractivity contribution in [2.75, 3.05) is 13.1 Å². The summed E-state index contributed by atoms with van der Waals surface area (Å²) in [7, 11) is 0. The zero-order valence-electron chi connectivity index (χ0n) is 11.8. The Kier molecular flexibility index (Phi) is 4.78. The van der Waals surface area contributed by atoms with Crippen LogP contribution in [0, 0.1) is 5.92 Å². The Hall–Kier alpha value is -0.870. The van der Waals surface area contributed by atoms with Gasteiger partial charge in [0.1, 0.15) is 0 Å². The average molecular weight is 251 g/mol. The van der Waals surface area contributed by atoms with Gasteiger partial charge in [0.2, 0.25) is 0 Å². The molecular weight excluding hydrogens is 226 g/mol. The largest absolute Gasteiger partial charge is 0.360 e. The van der Waals surface area contributed by atoms with Crippen LogP contribution in [0.25, 0.3) is 0 Å². The number of nitrogens with one attached hydrogen (secondary N) is 1. The fourth-order valence-electron chi connectivity index (χ4n) is 2.57. The van der Waals surface area contributed by atoms with Gasteiger partial charge in [-0.15, -0.1) is 0 Å². The van der Waals surface area contributed by atoms with E-state index in [0.29, 0.717) is 6.04 Å². The second-order valence-electron chi connectivity index (χ2n) is 5.53. The Morgan fingerprint density at radius 1 is 1.44 bits per heavy atom. The van der Waals surface area contributed by atoms with E-state index in [1.165, 1.54) is 19.4 Å². The van der Waals surface area contributed by atoms with Crippen molar-refractivity contribution in [2.45, 2.75) is 52.7 Å². The molecule has 1 fully saturated rings. The highest BCUT2D eigenvalue weighted by molar-refractivity contribution is 5.05. The van der Waals surface area contributed by atoms with Crippen molar-refractivity contribution in [3.8, 4) is 0 Å².